The Hall–Kier alpha value is -5.87. The molecule has 262 valence electrons. The van der Waals surface area contributed by atoms with Crippen LogP contribution in [0.1, 0.15) is 57.3 Å². The Bertz CT molecular complexity index is 2210. The molecule has 2 aromatic heterocycles. The molecule has 0 saturated carbocycles. The van der Waals surface area contributed by atoms with Gasteiger partial charge in [-0.25, -0.2) is 23.4 Å². The van der Waals surface area contributed by atoms with E-state index in [0.717, 1.165) is 55.7 Å². The largest absolute Gasteiger partial charge is 0.349 e. The molecular weight excluding hydrogens is 654 g/mol. The minimum atomic E-state index is -1.01. The molecule has 51 heavy (non-hydrogen) atoms. The van der Waals surface area contributed by atoms with E-state index in [9.17, 15) is 23.2 Å². The zero-order valence-electron chi connectivity index (χ0n) is 28.6. The average Bonchev–Trinajstić information content (AvgIpc) is 3.34. The zero-order valence-corrected chi connectivity index (χ0v) is 28.6. The molecule has 0 spiro atoms. The van der Waals surface area contributed by atoms with Crippen molar-refractivity contribution in [1.29, 1.82) is 0 Å². The van der Waals surface area contributed by atoms with Gasteiger partial charge in [-0.2, -0.15) is 0 Å². The van der Waals surface area contributed by atoms with Crippen LogP contribution in [0, 0.1) is 30.4 Å². The van der Waals surface area contributed by atoms with E-state index in [1.54, 1.807) is 32.3 Å². The van der Waals surface area contributed by atoms with Gasteiger partial charge in [0.25, 0.3) is 17.4 Å². The normalized spacial score (nSPS) is 13.4. The van der Waals surface area contributed by atoms with Crippen molar-refractivity contribution in [2.45, 2.75) is 39.3 Å². The lowest BCUT2D eigenvalue weighted by Gasteiger charge is -2.31. The fourth-order valence-corrected chi connectivity index (χ4v) is 6.04. The molecule has 11 nitrogen and oxygen atoms in total. The maximum atomic E-state index is 13.7. The average molecular weight is 693 g/mol. The first-order valence-electron chi connectivity index (χ1n) is 16.7. The van der Waals surface area contributed by atoms with E-state index in [1.807, 2.05) is 30.3 Å². The van der Waals surface area contributed by atoms with Crippen LogP contribution in [-0.4, -0.2) is 68.3 Å². The van der Waals surface area contributed by atoms with E-state index in [0.29, 0.717) is 33.8 Å². The number of likely N-dealkylation sites (tertiary alicyclic amines) is 1. The van der Waals surface area contributed by atoms with Gasteiger partial charge < -0.3 is 20.9 Å². The zero-order chi connectivity index (χ0) is 36.1. The van der Waals surface area contributed by atoms with Crippen LogP contribution < -0.4 is 21.5 Å². The van der Waals surface area contributed by atoms with Crippen molar-refractivity contribution in [3.05, 3.63) is 117 Å². The molecule has 6 rings (SSSR count). The number of aromatic nitrogens is 4. The molecule has 1 saturated heterocycles. The number of carbonyl (C=O) groups excluding carboxylic acids is 2. The summed E-state index contributed by atoms with van der Waals surface area (Å²) in [5, 5.41) is 9.77. The molecule has 13 heteroatoms. The van der Waals surface area contributed by atoms with Crippen LogP contribution in [0.25, 0.3) is 10.9 Å². The van der Waals surface area contributed by atoms with Crippen molar-refractivity contribution in [3.8, 4) is 11.8 Å². The fourth-order valence-electron chi connectivity index (χ4n) is 6.04. The summed E-state index contributed by atoms with van der Waals surface area (Å²) >= 11 is 0. The van der Waals surface area contributed by atoms with Crippen molar-refractivity contribution in [2.75, 3.05) is 31.5 Å². The van der Waals surface area contributed by atoms with Crippen molar-refractivity contribution < 1.29 is 18.4 Å². The second-order valence-corrected chi connectivity index (χ2v) is 12.4. The molecule has 3 aromatic carbocycles. The third-order valence-corrected chi connectivity index (χ3v) is 9.12. The Morgan fingerprint density at radius 3 is 2.47 bits per heavy atom. The number of fused-ring (bicyclic) bond motifs is 1. The number of hydrogen-bond donors (Lipinski definition) is 3. The molecule has 1 aliphatic rings. The van der Waals surface area contributed by atoms with Crippen molar-refractivity contribution in [2.24, 2.45) is 7.05 Å². The predicted molar refractivity (Wildman–Crippen MR) is 191 cm³/mol. The number of nitrogens with zero attached hydrogens (tertiary/aromatic N) is 5. The van der Waals surface area contributed by atoms with Crippen LogP contribution in [0.4, 0.5) is 20.4 Å². The SMILES string of the molecule is CCN1CCC(NC(=O)c2ccc(Nc3ncc4cc(C#CCNC(=O)c5c(C)n(C)n(Cc6ccc(F)c(F)c6)c5=O)ccc4n3)cc2)CC1. The number of piperidine rings is 1. The van der Waals surface area contributed by atoms with Crippen molar-refractivity contribution >= 4 is 34.4 Å². The lowest BCUT2D eigenvalue weighted by atomic mass is 10.0. The number of halogens is 2. The smallest absolute Gasteiger partial charge is 0.280 e. The van der Waals surface area contributed by atoms with Gasteiger partial charge in [0.05, 0.1) is 18.6 Å². The second kappa shape index (κ2) is 15.3. The summed E-state index contributed by atoms with van der Waals surface area (Å²) in [6.45, 7) is 6.79. The third-order valence-electron chi connectivity index (χ3n) is 9.12. The molecule has 3 N–H and O–H groups in total. The number of nitrogens with one attached hydrogen (secondary N) is 3. The van der Waals surface area contributed by atoms with E-state index < -0.39 is 23.1 Å². The summed E-state index contributed by atoms with van der Waals surface area (Å²) in [6.07, 6.45) is 3.60. The summed E-state index contributed by atoms with van der Waals surface area (Å²) in [6, 6.07) is 16.3. The fraction of sp³-hybridized carbons (Fsp3) is 0.289. The highest BCUT2D eigenvalue weighted by Gasteiger charge is 2.22. The lowest BCUT2D eigenvalue weighted by molar-refractivity contribution is 0.0911. The first kappa shape index (κ1) is 35.0. The number of amides is 2. The maximum absolute atomic E-state index is 13.7. The maximum Gasteiger partial charge on any atom is 0.280 e. The van der Waals surface area contributed by atoms with Crippen molar-refractivity contribution in [3.63, 3.8) is 0 Å². The van der Waals surface area contributed by atoms with Gasteiger partial charge in [-0.15, -0.1) is 0 Å². The van der Waals surface area contributed by atoms with Gasteiger partial charge in [0.1, 0.15) is 5.56 Å². The molecule has 2 amide bonds. The molecule has 0 atom stereocenters. The molecule has 0 bridgehead atoms. The van der Waals surface area contributed by atoms with E-state index in [2.05, 4.69) is 49.6 Å². The van der Waals surface area contributed by atoms with Gasteiger partial charge >= 0.3 is 0 Å². The van der Waals surface area contributed by atoms with Crippen molar-refractivity contribution in [1.82, 2.24) is 34.9 Å². The van der Waals surface area contributed by atoms with E-state index >= 15 is 0 Å². The lowest BCUT2D eigenvalue weighted by Crippen LogP contribution is -2.44. The number of rotatable bonds is 9. The molecule has 0 radical (unpaired) electrons. The molecule has 5 aromatic rings. The highest BCUT2D eigenvalue weighted by molar-refractivity contribution is 5.95. The van der Waals surface area contributed by atoms with Gasteiger partial charge in [0.2, 0.25) is 5.95 Å². The van der Waals surface area contributed by atoms with Gasteiger partial charge in [0, 0.05) is 60.3 Å². The summed E-state index contributed by atoms with van der Waals surface area (Å²) in [5.41, 5.74) is 2.95. The van der Waals surface area contributed by atoms with Crippen LogP contribution in [0.15, 0.2) is 71.7 Å². The quantitative estimate of drug-likeness (QED) is 0.194. The third kappa shape index (κ3) is 8.13. The Morgan fingerprint density at radius 1 is 0.980 bits per heavy atom. The van der Waals surface area contributed by atoms with E-state index in [-0.39, 0.29) is 30.6 Å². The van der Waals surface area contributed by atoms with Gasteiger partial charge in [0.15, 0.2) is 11.6 Å². The Morgan fingerprint density at radius 2 is 1.75 bits per heavy atom. The van der Waals surface area contributed by atoms with E-state index in [1.165, 1.54) is 15.4 Å². The number of carbonyl (C=O) groups is 2. The van der Waals surface area contributed by atoms with Crippen LogP contribution in [0.2, 0.25) is 0 Å². The summed E-state index contributed by atoms with van der Waals surface area (Å²) in [5.74, 6) is 3.67. The van der Waals surface area contributed by atoms with Crippen LogP contribution >= 0.6 is 0 Å². The van der Waals surface area contributed by atoms with Gasteiger partial charge in [-0.05, 0) is 86.5 Å². The number of anilines is 2. The molecular formula is C38H38F2N8O3. The van der Waals surface area contributed by atoms with Crippen LogP contribution in [0.3, 0.4) is 0 Å². The topological polar surface area (TPSA) is 126 Å². The number of hydrogen-bond acceptors (Lipinski definition) is 7. The molecule has 0 unspecified atom stereocenters. The Kier molecular flexibility index (Phi) is 10.5. The first-order valence-corrected chi connectivity index (χ1v) is 16.7. The molecule has 0 aliphatic carbocycles. The predicted octanol–water partition coefficient (Wildman–Crippen LogP) is 4.50. The molecule has 1 aliphatic heterocycles. The minimum absolute atomic E-state index is 0.00803. The van der Waals surface area contributed by atoms with Gasteiger partial charge in [-0.3, -0.25) is 19.1 Å². The Balaban J connectivity index is 1.03. The van der Waals surface area contributed by atoms with Crippen LogP contribution in [-0.2, 0) is 13.6 Å². The standard InChI is InChI=1S/C38H38F2N8O3/c1-4-47-18-15-30(16-19-47)43-35(49)27-9-11-29(12-10-27)44-38-42-22-28-20-25(8-14-33(28)45-38)6-5-17-41-36(50)34-24(2)46(3)48(37(34)51)23-26-7-13-31(39)32(40)21-26/h7-14,20-22,30H,4,15-19,23H2,1-3H3,(H,41,50)(H,43,49)(H,42,44,45). The monoisotopic (exact) mass is 692 g/mol. The van der Waals surface area contributed by atoms with E-state index in [4.69, 9.17) is 0 Å². The Labute approximate surface area is 293 Å². The molecule has 3 heterocycles. The second-order valence-electron chi connectivity index (χ2n) is 12.4. The summed E-state index contributed by atoms with van der Waals surface area (Å²) in [7, 11) is 1.62. The molecule has 1 fully saturated rings. The minimum Gasteiger partial charge on any atom is -0.349 e. The first-order chi connectivity index (χ1) is 24.6. The summed E-state index contributed by atoms with van der Waals surface area (Å²) < 4.78 is 29.8. The number of benzene rings is 3. The highest BCUT2D eigenvalue weighted by atomic mass is 19.2. The van der Waals surface area contributed by atoms with Crippen LogP contribution in [0.5, 0.6) is 0 Å². The summed E-state index contributed by atoms with van der Waals surface area (Å²) in [4.78, 5) is 50.2. The highest BCUT2D eigenvalue weighted by Crippen LogP contribution is 2.19. The van der Waals surface area contributed by atoms with Gasteiger partial charge in [-0.1, -0.05) is 24.8 Å².